The van der Waals surface area contributed by atoms with Crippen LogP contribution in [0.2, 0.25) is 0 Å². The number of nitrogens with zero attached hydrogens (tertiary/aromatic N) is 4. The number of aliphatic hydroxyl groups excluding tert-OH is 1. The smallest absolute Gasteiger partial charge is 1.00 e. The summed E-state index contributed by atoms with van der Waals surface area (Å²) in [6.45, 7) is 25.8. The Bertz CT molecular complexity index is 621. The van der Waals surface area contributed by atoms with Gasteiger partial charge in [0.05, 0.1) is 24.3 Å². The summed E-state index contributed by atoms with van der Waals surface area (Å²) >= 11 is 0. The van der Waals surface area contributed by atoms with Gasteiger partial charge in [-0.1, -0.05) is 112 Å². The monoisotopic (exact) mass is 916 g/mol. The molecule has 1 N–H and O–H groups in total. The van der Waals surface area contributed by atoms with Crippen molar-refractivity contribution in [3.05, 3.63) is 33.9 Å². The van der Waals surface area contributed by atoms with Gasteiger partial charge in [0.25, 0.3) is 0 Å². The second-order valence-corrected chi connectivity index (χ2v) is 10.4. The normalized spacial score (nSPS) is 10.3. The van der Waals surface area contributed by atoms with Crippen LogP contribution in [-0.2, 0) is 43.8 Å². The number of carbonyl (C=O) groups is 1. The molecule has 13 heteroatoms. The van der Waals surface area contributed by atoms with Crippen LogP contribution < -0.4 is 4.70 Å². The zero-order valence-electron chi connectivity index (χ0n) is 34.6. The molecule has 1 atom stereocenters. The summed E-state index contributed by atoms with van der Waals surface area (Å²) in [5.74, 6) is 0.750. The van der Waals surface area contributed by atoms with Crippen molar-refractivity contribution < 1.29 is 66.5 Å². The summed E-state index contributed by atoms with van der Waals surface area (Å²) in [5.41, 5.74) is 1.06. The average molecular weight is 915 g/mol. The van der Waals surface area contributed by atoms with Crippen LogP contribution >= 0.6 is 0 Å². The van der Waals surface area contributed by atoms with Crippen LogP contribution in [-0.4, -0.2) is 49.1 Å². The van der Waals surface area contributed by atoms with Gasteiger partial charge < -0.3 is 37.0 Å². The Labute approximate surface area is 343 Å². The first-order chi connectivity index (χ1) is 20.6. The van der Waals surface area contributed by atoms with Crippen LogP contribution in [0.1, 0.15) is 161 Å². The molecule has 1 unspecified atom stereocenters. The van der Waals surface area contributed by atoms with Crippen LogP contribution in [0.3, 0.4) is 0 Å². The molecule has 2 fully saturated rings. The van der Waals surface area contributed by atoms with Gasteiger partial charge in [-0.05, 0) is 65.7 Å². The first kappa shape index (κ1) is 92.5. The molecule has 0 aromatic carbocycles. The maximum Gasteiger partial charge on any atom is 2.00 e. The number of carbonyl (C=O) groups excluding carboxylic acids is 1. The summed E-state index contributed by atoms with van der Waals surface area (Å²) in [6, 6.07) is 5.25. The van der Waals surface area contributed by atoms with Crippen molar-refractivity contribution >= 4 is 13.3 Å². The Kier molecular flexibility index (Phi) is 167. The molecular formula is C38H81BF4N4O2Ru2-. The first-order valence-electron chi connectivity index (χ1n) is 16.0. The van der Waals surface area contributed by atoms with Gasteiger partial charge in [0.1, 0.15) is 0 Å². The molecule has 0 saturated heterocycles. The van der Waals surface area contributed by atoms with E-state index in [0.717, 1.165) is 12.0 Å². The molecular weight excluding hydrogens is 833 g/mol. The Morgan fingerprint density at radius 1 is 0.725 bits per heavy atom. The summed E-state index contributed by atoms with van der Waals surface area (Å²) in [5, 5.41) is 30.7. The van der Waals surface area contributed by atoms with Crippen molar-refractivity contribution in [3.8, 4) is 18.2 Å². The standard InChI is InChI=1S/C6H15N.C6H14O.C6H10O.2C5H10.3C2H3N.CH4.3CH3.BF3.FH.2Ru/c1-4-7(5-2)6-3;2*1-5(2)4-6(3)7;2*1-2-4-5-3-1;3*1-2-3;;;;;2-1(3)4;;;/h4-6H2,1-3H3;5-7H,4H2,1-3H3;4H,1-3H3;2*1-5H2;3*1H3;1H4;3*1H3;;1H;;/q;;;;;;;;;3*-1;;;+1;+2/p-1. The average Bonchev–Trinajstić information content (AvgIpc) is 3.65. The summed E-state index contributed by atoms with van der Waals surface area (Å²) in [7, 11) is -3.67. The molecule has 2 saturated carbocycles. The zero-order chi connectivity index (χ0) is 36.2. The Morgan fingerprint density at radius 2 is 0.902 bits per heavy atom. The predicted octanol–water partition coefficient (Wildman–Crippen LogP) is 9.66. The second kappa shape index (κ2) is 92.1. The number of nitriles is 3. The van der Waals surface area contributed by atoms with E-state index in [1.54, 1.807) is 31.2 Å². The molecule has 1 radical (unpaired) electrons. The van der Waals surface area contributed by atoms with E-state index >= 15 is 0 Å². The van der Waals surface area contributed by atoms with Crippen molar-refractivity contribution in [1.29, 1.82) is 15.8 Å². The first-order valence-corrected chi connectivity index (χ1v) is 16.0. The molecule has 2 aliphatic carbocycles. The van der Waals surface area contributed by atoms with E-state index in [4.69, 9.17) is 20.9 Å². The van der Waals surface area contributed by atoms with Gasteiger partial charge >= 0.3 is 46.5 Å². The van der Waals surface area contributed by atoms with Crippen LogP contribution in [0.4, 0.5) is 12.9 Å². The van der Waals surface area contributed by atoms with Gasteiger partial charge in [-0.2, -0.15) is 15.8 Å². The van der Waals surface area contributed by atoms with Gasteiger partial charge in [-0.15, -0.1) is 0 Å². The summed E-state index contributed by atoms with van der Waals surface area (Å²) in [4.78, 5) is 12.6. The number of hydrogen-bond acceptors (Lipinski definition) is 6. The minimum absolute atomic E-state index is 0. The predicted molar refractivity (Wildman–Crippen MR) is 210 cm³/mol. The fraction of sp³-hybridized carbons (Fsp3) is 0.763. The van der Waals surface area contributed by atoms with E-state index in [1.165, 1.54) is 105 Å². The third-order valence-corrected chi connectivity index (χ3v) is 5.15. The number of aliphatic hydroxyl groups is 1. The molecule has 0 heterocycles. The van der Waals surface area contributed by atoms with Crippen molar-refractivity contribution in [2.45, 2.75) is 167 Å². The Balaban J connectivity index is -0.0000000251. The largest absolute Gasteiger partial charge is 2.00 e. The minimum Gasteiger partial charge on any atom is -1.00 e. The quantitative estimate of drug-likeness (QED) is 0.123. The molecule has 313 valence electrons. The third kappa shape index (κ3) is 205. The van der Waals surface area contributed by atoms with Gasteiger partial charge in [0.15, 0.2) is 5.78 Å². The molecule has 2 rings (SSSR count). The van der Waals surface area contributed by atoms with Crippen LogP contribution in [0.15, 0.2) is 11.6 Å². The fourth-order valence-electron chi connectivity index (χ4n) is 3.53. The maximum atomic E-state index is 10.2. The number of allylic oxidation sites excluding steroid dienone is 2. The molecule has 0 amide bonds. The van der Waals surface area contributed by atoms with E-state index in [-0.39, 0.29) is 85.3 Å². The van der Waals surface area contributed by atoms with E-state index in [1.807, 2.05) is 20.8 Å². The second-order valence-electron chi connectivity index (χ2n) is 10.4. The van der Waals surface area contributed by atoms with Crippen molar-refractivity contribution in [1.82, 2.24) is 4.90 Å². The van der Waals surface area contributed by atoms with Crippen LogP contribution in [0.25, 0.3) is 0 Å². The Hall–Kier alpha value is -1.17. The zero-order valence-corrected chi connectivity index (χ0v) is 38.0. The van der Waals surface area contributed by atoms with E-state index in [9.17, 15) is 17.7 Å². The molecule has 0 spiro atoms. The molecule has 0 aromatic heterocycles. The topological polar surface area (TPSA) is 112 Å². The van der Waals surface area contributed by atoms with Crippen molar-refractivity contribution in [2.75, 3.05) is 19.6 Å². The summed E-state index contributed by atoms with van der Waals surface area (Å²) in [6.07, 6.45) is 17.4. The minimum atomic E-state index is -3.67. The van der Waals surface area contributed by atoms with Crippen LogP contribution in [0.5, 0.6) is 0 Å². The molecule has 51 heavy (non-hydrogen) atoms. The van der Waals surface area contributed by atoms with Crippen molar-refractivity contribution in [3.63, 3.8) is 0 Å². The fourth-order valence-corrected chi connectivity index (χ4v) is 3.53. The molecule has 2 aliphatic rings. The SMILES string of the molecule is C.C1CCCC1.C1CCCC1.CC#N.CC#N.CC#N.CC(=O)C=C(C)C.CC(C)CC(C)O.CCN(CC)CC.FB(F)F.[CH3-].[CH3-].[CH3-].[F-].[Ru+2].[Ru+]. The molecule has 0 aromatic rings. The third-order valence-electron chi connectivity index (χ3n) is 5.15. The molecule has 6 nitrogen and oxygen atoms in total. The van der Waals surface area contributed by atoms with Crippen LogP contribution in [0, 0.1) is 62.2 Å². The number of ketones is 1. The van der Waals surface area contributed by atoms with Gasteiger partial charge in [-0.3, -0.25) is 17.7 Å². The number of hydrogen-bond donors (Lipinski definition) is 1. The van der Waals surface area contributed by atoms with E-state index in [2.05, 4.69) is 39.5 Å². The van der Waals surface area contributed by atoms with Gasteiger partial charge in [0.2, 0.25) is 0 Å². The van der Waals surface area contributed by atoms with Crippen molar-refractivity contribution in [2.24, 2.45) is 5.92 Å². The van der Waals surface area contributed by atoms with E-state index < -0.39 is 7.54 Å². The molecule has 0 bridgehead atoms. The molecule has 0 aliphatic heterocycles. The number of rotatable bonds is 6. The van der Waals surface area contributed by atoms with Gasteiger partial charge in [0, 0.05) is 20.8 Å². The maximum absolute atomic E-state index is 10.2. The Morgan fingerprint density at radius 3 is 0.922 bits per heavy atom. The number of halogens is 4. The van der Waals surface area contributed by atoms with E-state index in [0.29, 0.717) is 5.92 Å². The van der Waals surface area contributed by atoms with Gasteiger partial charge in [-0.25, -0.2) is 0 Å². The summed E-state index contributed by atoms with van der Waals surface area (Å²) < 4.78 is 29.0.